The number of carbonyl (C=O) groups is 2. The summed E-state index contributed by atoms with van der Waals surface area (Å²) in [5.74, 6) is -0.361. The van der Waals surface area contributed by atoms with Gasteiger partial charge in [-0.25, -0.2) is 0 Å². The van der Waals surface area contributed by atoms with Crippen LogP contribution in [0.1, 0.15) is 44.3 Å². The van der Waals surface area contributed by atoms with Gasteiger partial charge in [0.2, 0.25) is 0 Å². The molecule has 2 fully saturated rings. The van der Waals surface area contributed by atoms with Crippen molar-refractivity contribution in [2.24, 2.45) is 5.41 Å². The Bertz CT molecular complexity index is 607. The smallest absolute Gasteiger partial charge is 0.319 e. The van der Waals surface area contributed by atoms with Crippen LogP contribution in [-0.4, -0.2) is 24.5 Å². The van der Waals surface area contributed by atoms with Crippen molar-refractivity contribution < 1.29 is 19.1 Å². The molecule has 1 saturated carbocycles. The molecule has 23 heavy (non-hydrogen) atoms. The van der Waals surface area contributed by atoms with Gasteiger partial charge in [0.15, 0.2) is 5.78 Å². The molecule has 1 saturated heterocycles. The first-order valence-corrected chi connectivity index (χ1v) is 8.25. The number of carbonyl (C=O) groups excluding carboxylic acids is 2. The standard InChI is InChI=1S/C19H22O4/c1-2-22-18(21)19(13-7-11-16(19)20)12-6-10-15-17(23-15)14-8-4-3-5-9-14/h3-6,8-10,15,17H,2,7,11-13H2,1H3/b10-6+. The van der Waals surface area contributed by atoms with Gasteiger partial charge in [0.05, 0.1) is 6.61 Å². The maximum absolute atomic E-state index is 12.2. The van der Waals surface area contributed by atoms with Crippen molar-refractivity contribution in [1.29, 1.82) is 0 Å². The maximum atomic E-state index is 12.2. The Morgan fingerprint density at radius 2 is 2.17 bits per heavy atom. The number of ketones is 1. The SMILES string of the molecule is CCOC(=O)C1(C/C=C/C2OC2c2ccccc2)CCCC1=O. The van der Waals surface area contributed by atoms with Gasteiger partial charge < -0.3 is 9.47 Å². The predicted octanol–water partition coefficient (Wildman–Crippen LogP) is 3.38. The number of rotatable bonds is 6. The van der Waals surface area contributed by atoms with E-state index in [2.05, 4.69) is 0 Å². The maximum Gasteiger partial charge on any atom is 0.319 e. The molecule has 3 unspecified atom stereocenters. The van der Waals surface area contributed by atoms with Crippen LogP contribution in [0.3, 0.4) is 0 Å². The highest BCUT2D eigenvalue weighted by molar-refractivity contribution is 6.05. The molecule has 122 valence electrons. The number of ether oxygens (including phenoxy) is 2. The molecule has 1 aliphatic carbocycles. The van der Waals surface area contributed by atoms with Crippen LogP contribution in [0, 0.1) is 5.41 Å². The number of benzene rings is 1. The van der Waals surface area contributed by atoms with Gasteiger partial charge in [0, 0.05) is 6.42 Å². The van der Waals surface area contributed by atoms with Crippen molar-refractivity contribution in [3.8, 4) is 0 Å². The average molecular weight is 314 g/mol. The highest BCUT2D eigenvalue weighted by Gasteiger charge is 2.49. The van der Waals surface area contributed by atoms with E-state index in [4.69, 9.17) is 9.47 Å². The van der Waals surface area contributed by atoms with Crippen LogP contribution in [0.25, 0.3) is 0 Å². The van der Waals surface area contributed by atoms with Gasteiger partial charge in [0.25, 0.3) is 0 Å². The number of Topliss-reactive ketones (excluding diaryl/α,β-unsaturated/α-hetero) is 1. The van der Waals surface area contributed by atoms with E-state index in [1.54, 1.807) is 6.92 Å². The molecule has 0 bridgehead atoms. The highest BCUT2D eigenvalue weighted by Crippen LogP contribution is 2.42. The predicted molar refractivity (Wildman–Crippen MR) is 85.7 cm³/mol. The Labute approximate surface area is 136 Å². The van der Waals surface area contributed by atoms with Crippen LogP contribution in [0.5, 0.6) is 0 Å². The van der Waals surface area contributed by atoms with E-state index in [1.165, 1.54) is 0 Å². The quantitative estimate of drug-likeness (QED) is 0.349. The van der Waals surface area contributed by atoms with Crippen molar-refractivity contribution >= 4 is 11.8 Å². The number of hydrogen-bond acceptors (Lipinski definition) is 4. The van der Waals surface area contributed by atoms with E-state index >= 15 is 0 Å². The van der Waals surface area contributed by atoms with Crippen molar-refractivity contribution in [3.05, 3.63) is 48.0 Å². The van der Waals surface area contributed by atoms with E-state index in [9.17, 15) is 9.59 Å². The Hall–Kier alpha value is -1.94. The zero-order valence-electron chi connectivity index (χ0n) is 13.4. The second-order valence-corrected chi connectivity index (χ2v) is 6.14. The summed E-state index contributed by atoms with van der Waals surface area (Å²) in [6, 6.07) is 10.0. The lowest BCUT2D eigenvalue weighted by Crippen LogP contribution is -2.36. The first-order valence-electron chi connectivity index (χ1n) is 8.25. The summed E-state index contributed by atoms with van der Waals surface area (Å²) in [6.07, 6.45) is 6.22. The van der Waals surface area contributed by atoms with Crippen molar-refractivity contribution in [2.75, 3.05) is 6.61 Å². The summed E-state index contributed by atoms with van der Waals surface area (Å²) < 4.78 is 10.8. The van der Waals surface area contributed by atoms with Gasteiger partial charge in [-0.2, -0.15) is 0 Å². The van der Waals surface area contributed by atoms with Gasteiger partial charge in [-0.05, 0) is 31.7 Å². The first kappa shape index (κ1) is 15.9. The third-order valence-electron chi connectivity index (χ3n) is 4.65. The molecule has 0 aromatic heterocycles. The third kappa shape index (κ3) is 3.22. The molecule has 4 heteroatoms. The second kappa shape index (κ2) is 6.67. The molecular formula is C19H22O4. The van der Waals surface area contributed by atoms with E-state index in [1.807, 2.05) is 42.5 Å². The molecule has 0 radical (unpaired) electrons. The normalized spacial score (nSPS) is 29.9. The summed E-state index contributed by atoms with van der Waals surface area (Å²) in [5, 5.41) is 0. The molecule has 4 nitrogen and oxygen atoms in total. The minimum Gasteiger partial charge on any atom is -0.465 e. The van der Waals surface area contributed by atoms with Gasteiger partial charge in [-0.3, -0.25) is 9.59 Å². The summed E-state index contributed by atoms with van der Waals surface area (Å²) in [6.45, 7) is 2.07. The zero-order valence-corrected chi connectivity index (χ0v) is 13.4. The molecule has 1 heterocycles. The Morgan fingerprint density at radius 3 is 2.83 bits per heavy atom. The van der Waals surface area contributed by atoms with E-state index in [0.717, 1.165) is 12.0 Å². The number of allylic oxidation sites excluding steroid dienone is 1. The summed E-state index contributed by atoms with van der Waals surface area (Å²) in [5.41, 5.74) is 0.183. The van der Waals surface area contributed by atoms with Gasteiger partial charge in [-0.15, -0.1) is 0 Å². The fourth-order valence-electron chi connectivity index (χ4n) is 3.30. The van der Waals surface area contributed by atoms with Crippen LogP contribution in [0.2, 0.25) is 0 Å². The van der Waals surface area contributed by atoms with Crippen LogP contribution < -0.4 is 0 Å². The largest absolute Gasteiger partial charge is 0.465 e. The van der Waals surface area contributed by atoms with Crippen molar-refractivity contribution in [1.82, 2.24) is 0 Å². The van der Waals surface area contributed by atoms with Crippen LogP contribution >= 0.6 is 0 Å². The number of esters is 1. The highest BCUT2D eigenvalue weighted by atomic mass is 16.6. The topological polar surface area (TPSA) is 55.9 Å². The van der Waals surface area contributed by atoms with E-state index < -0.39 is 5.41 Å². The molecule has 1 aliphatic heterocycles. The minimum atomic E-state index is -0.969. The molecule has 1 aromatic carbocycles. The third-order valence-corrected chi connectivity index (χ3v) is 4.65. The fraction of sp³-hybridized carbons (Fsp3) is 0.474. The molecule has 3 rings (SSSR count). The molecule has 0 spiro atoms. The van der Waals surface area contributed by atoms with Gasteiger partial charge in [0.1, 0.15) is 17.6 Å². The van der Waals surface area contributed by atoms with Gasteiger partial charge >= 0.3 is 5.97 Å². The number of hydrogen-bond donors (Lipinski definition) is 0. The minimum absolute atomic E-state index is 0.0110. The Balaban J connectivity index is 1.62. The lowest BCUT2D eigenvalue weighted by Gasteiger charge is -2.23. The Kier molecular flexibility index (Phi) is 4.62. The lowest BCUT2D eigenvalue weighted by atomic mass is 9.81. The molecule has 0 amide bonds. The molecule has 0 N–H and O–H groups in total. The molecule has 1 aromatic rings. The lowest BCUT2D eigenvalue weighted by molar-refractivity contribution is -0.158. The molecule has 3 atom stereocenters. The second-order valence-electron chi connectivity index (χ2n) is 6.14. The molecule has 2 aliphatic rings. The van der Waals surface area contributed by atoms with E-state index in [-0.39, 0.29) is 24.0 Å². The Morgan fingerprint density at radius 1 is 1.39 bits per heavy atom. The van der Waals surface area contributed by atoms with E-state index in [0.29, 0.717) is 25.9 Å². The van der Waals surface area contributed by atoms with Crippen molar-refractivity contribution in [3.63, 3.8) is 0 Å². The summed E-state index contributed by atoms with van der Waals surface area (Å²) in [7, 11) is 0. The summed E-state index contributed by atoms with van der Waals surface area (Å²) >= 11 is 0. The van der Waals surface area contributed by atoms with Crippen LogP contribution in [-0.2, 0) is 19.1 Å². The van der Waals surface area contributed by atoms with Gasteiger partial charge in [-0.1, -0.05) is 42.5 Å². The number of epoxide rings is 1. The molecular weight excluding hydrogens is 292 g/mol. The first-order chi connectivity index (χ1) is 11.2. The zero-order chi connectivity index (χ0) is 16.3. The average Bonchev–Trinajstić information content (AvgIpc) is 3.24. The van der Waals surface area contributed by atoms with Crippen molar-refractivity contribution in [2.45, 2.75) is 44.8 Å². The van der Waals surface area contributed by atoms with Crippen LogP contribution in [0.15, 0.2) is 42.5 Å². The van der Waals surface area contributed by atoms with Crippen LogP contribution in [0.4, 0.5) is 0 Å². The fourth-order valence-corrected chi connectivity index (χ4v) is 3.30. The monoisotopic (exact) mass is 314 g/mol. The summed E-state index contributed by atoms with van der Waals surface area (Å²) in [4.78, 5) is 24.5.